The van der Waals surface area contributed by atoms with Crippen molar-refractivity contribution in [2.24, 2.45) is 5.92 Å². The van der Waals surface area contributed by atoms with Crippen molar-refractivity contribution in [3.8, 4) is 11.5 Å². The Bertz CT molecular complexity index is 473. The van der Waals surface area contributed by atoms with Gasteiger partial charge in [-0.3, -0.25) is 0 Å². The maximum Gasteiger partial charge on any atom is 0.161 e. The van der Waals surface area contributed by atoms with Crippen molar-refractivity contribution >= 4 is 0 Å². The van der Waals surface area contributed by atoms with Crippen LogP contribution in [-0.2, 0) is 11.3 Å². The zero-order valence-electron chi connectivity index (χ0n) is 12.9. The Hall–Kier alpha value is -1.26. The highest BCUT2D eigenvalue weighted by molar-refractivity contribution is 5.42. The van der Waals surface area contributed by atoms with Crippen molar-refractivity contribution in [1.82, 2.24) is 5.32 Å². The monoisotopic (exact) mass is 291 g/mol. The molecule has 4 heteroatoms. The van der Waals surface area contributed by atoms with Crippen molar-refractivity contribution in [2.75, 3.05) is 20.3 Å². The van der Waals surface area contributed by atoms with Crippen LogP contribution in [0.2, 0.25) is 0 Å². The molecule has 1 saturated heterocycles. The van der Waals surface area contributed by atoms with Crippen molar-refractivity contribution in [1.29, 1.82) is 0 Å². The van der Waals surface area contributed by atoms with E-state index in [-0.39, 0.29) is 0 Å². The quantitative estimate of drug-likeness (QED) is 0.838. The van der Waals surface area contributed by atoms with Crippen LogP contribution in [0.1, 0.15) is 31.7 Å². The Labute approximate surface area is 126 Å². The highest BCUT2D eigenvalue weighted by Gasteiger charge is 2.40. The maximum absolute atomic E-state index is 5.87. The lowest BCUT2D eigenvalue weighted by atomic mass is 10.1. The summed E-state index contributed by atoms with van der Waals surface area (Å²) in [5.41, 5.74) is 1.22. The highest BCUT2D eigenvalue weighted by Crippen LogP contribution is 2.38. The molecule has 1 aliphatic heterocycles. The summed E-state index contributed by atoms with van der Waals surface area (Å²) in [6, 6.07) is 6.64. The third-order valence-electron chi connectivity index (χ3n) is 4.32. The van der Waals surface area contributed by atoms with Gasteiger partial charge in [0, 0.05) is 19.2 Å². The molecule has 0 aromatic heterocycles. The molecule has 1 aromatic carbocycles. The van der Waals surface area contributed by atoms with Crippen molar-refractivity contribution < 1.29 is 14.2 Å². The minimum Gasteiger partial charge on any atom is -0.493 e. The maximum atomic E-state index is 5.87. The average molecular weight is 291 g/mol. The standard InChI is InChI=1S/C17H25NO3/c1-3-20-15-7-4-12(10-16(15)19-2)11-18-14-8-9-21-17(14)13-5-6-13/h4,7,10,13-14,17-18H,3,5-6,8-9,11H2,1-2H3. The molecule has 2 aliphatic rings. The molecule has 2 fully saturated rings. The minimum absolute atomic E-state index is 0.426. The summed E-state index contributed by atoms with van der Waals surface area (Å²) >= 11 is 0. The van der Waals surface area contributed by atoms with Crippen molar-refractivity contribution in [2.45, 2.75) is 44.9 Å². The normalized spacial score (nSPS) is 25.0. The van der Waals surface area contributed by atoms with E-state index in [2.05, 4.69) is 17.4 Å². The van der Waals surface area contributed by atoms with Crippen LogP contribution < -0.4 is 14.8 Å². The molecule has 1 aliphatic carbocycles. The summed E-state index contributed by atoms with van der Waals surface area (Å²) < 4.78 is 16.8. The molecule has 1 N–H and O–H groups in total. The summed E-state index contributed by atoms with van der Waals surface area (Å²) in [5.74, 6) is 2.40. The van der Waals surface area contributed by atoms with Gasteiger partial charge in [-0.15, -0.1) is 0 Å². The molecule has 0 amide bonds. The zero-order chi connectivity index (χ0) is 14.7. The molecular weight excluding hydrogens is 266 g/mol. The molecule has 1 heterocycles. The van der Waals surface area contributed by atoms with E-state index in [0.29, 0.717) is 18.8 Å². The first-order valence-corrected chi connectivity index (χ1v) is 7.96. The largest absolute Gasteiger partial charge is 0.493 e. The minimum atomic E-state index is 0.426. The lowest BCUT2D eigenvalue weighted by Crippen LogP contribution is -2.37. The zero-order valence-corrected chi connectivity index (χ0v) is 12.9. The molecule has 3 rings (SSSR count). The molecule has 2 atom stereocenters. The van der Waals surface area contributed by atoms with Crippen LogP contribution in [0.25, 0.3) is 0 Å². The first-order valence-electron chi connectivity index (χ1n) is 7.96. The Balaban J connectivity index is 1.59. The molecule has 1 saturated carbocycles. The second-order valence-electron chi connectivity index (χ2n) is 5.87. The fourth-order valence-corrected chi connectivity index (χ4v) is 3.06. The van der Waals surface area contributed by atoms with Gasteiger partial charge in [0.05, 0.1) is 19.8 Å². The highest BCUT2D eigenvalue weighted by atomic mass is 16.5. The number of methoxy groups -OCH3 is 1. The fraction of sp³-hybridized carbons (Fsp3) is 0.647. The molecule has 2 unspecified atom stereocenters. The predicted octanol–water partition coefficient (Wildman–Crippen LogP) is 2.75. The summed E-state index contributed by atoms with van der Waals surface area (Å²) in [6.07, 6.45) is 4.21. The van der Waals surface area contributed by atoms with Crippen molar-refractivity contribution in [3.05, 3.63) is 23.8 Å². The summed E-state index contributed by atoms with van der Waals surface area (Å²) in [4.78, 5) is 0. The number of hydrogen-bond acceptors (Lipinski definition) is 4. The second-order valence-corrected chi connectivity index (χ2v) is 5.87. The van der Waals surface area contributed by atoms with Gasteiger partial charge >= 0.3 is 0 Å². The van der Waals surface area contributed by atoms with Gasteiger partial charge in [0.2, 0.25) is 0 Å². The van der Waals surface area contributed by atoms with Gasteiger partial charge in [-0.2, -0.15) is 0 Å². The van der Waals surface area contributed by atoms with E-state index in [1.54, 1.807) is 7.11 Å². The Kier molecular flexibility index (Phi) is 4.66. The third kappa shape index (κ3) is 3.50. The van der Waals surface area contributed by atoms with Gasteiger partial charge in [0.1, 0.15) is 0 Å². The van der Waals surface area contributed by atoms with Gasteiger partial charge in [-0.1, -0.05) is 6.07 Å². The van der Waals surface area contributed by atoms with E-state index in [1.807, 2.05) is 13.0 Å². The van der Waals surface area contributed by atoms with Crippen LogP contribution >= 0.6 is 0 Å². The summed E-state index contributed by atoms with van der Waals surface area (Å²) in [5, 5.41) is 3.65. The van der Waals surface area contributed by atoms with E-state index in [0.717, 1.165) is 37.0 Å². The predicted molar refractivity (Wildman–Crippen MR) is 81.9 cm³/mol. The van der Waals surface area contributed by atoms with Gasteiger partial charge in [0.15, 0.2) is 11.5 Å². The second kappa shape index (κ2) is 6.67. The van der Waals surface area contributed by atoms with E-state index < -0.39 is 0 Å². The Morgan fingerprint density at radius 2 is 2.10 bits per heavy atom. The van der Waals surface area contributed by atoms with Gasteiger partial charge < -0.3 is 19.5 Å². The van der Waals surface area contributed by atoms with Crippen LogP contribution in [0, 0.1) is 5.92 Å². The van der Waals surface area contributed by atoms with Gasteiger partial charge in [-0.05, 0) is 49.8 Å². The molecule has 0 radical (unpaired) electrons. The molecule has 0 bridgehead atoms. The summed E-state index contributed by atoms with van der Waals surface area (Å²) in [6.45, 7) is 4.37. The smallest absolute Gasteiger partial charge is 0.161 e. The molecule has 21 heavy (non-hydrogen) atoms. The van der Waals surface area contributed by atoms with E-state index in [1.165, 1.54) is 18.4 Å². The van der Waals surface area contributed by atoms with Crippen LogP contribution in [0.3, 0.4) is 0 Å². The lowest BCUT2D eigenvalue weighted by Gasteiger charge is -2.20. The first-order chi connectivity index (χ1) is 10.3. The van der Waals surface area contributed by atoms with Crippen LogP contribution in [-0.4, -0.2) is 32.5 Å². The van der Waals surface area contributed by atoms with Crippen LogP contribution in [0.4, 0.5) is 0 Å². The van der Waals surface area contributed by atoms with Gasteiger partial charge in [-0.25, -0.2) is 0 Å². The average Bonchev–Trinajstić information content (AvgIpc) is 3.25. The van der Waals surface area contributed by atoms with E-state index >= 15 is 0 Å². The van der Waals surface area contributed by atoms with E-state index in [9.17, 15) is 0 Å². The number of hydrogen-bond donors (Lipinski definition) is 1. The number of rotatable bonds is 7. The fourth-order valence-electron chi connectivity index (χ4n) is 3.06. The molecule has 116 valence electrons. The van der Waals surface area contributed by atoms with Crippen molar-refractivity contribution in [3.63, 3.8) is 0 Å². The molecular formula is C17H25NO3. The number of benzene rings is 1. The molecule has 0 spiro atoms. The molecule has 4 nitrogen and oxygen atoms in total. The molecule has 1 aromatic rings. The lowest BCUT2D eigenvalue weighted by molar-refractivity contribution is 0.0809. The van der Waals surface area contributed by atoms with Gasteiger partial charge in [0.25, 0.3) is 0 Å². The summed E-state index contributed by atoms with van der Waals surface area (Å²) in [7, 11) is 1.68. The van der Waals surface area contributed by atoms with Crippen LogP contribution in [0.5, 0.6) is 11.5 Å². The topological polar surface area (TPSA) is 39.7 Å². The SMILES string of the molecule is CCOc1ccc(CNC2CCOC2C2CC2)cc1OC. The van der Waals surface area contributed by atoms with E-state index in [4.69, 9.17) is 14.2 Å². The Morgan fingerprint density at radius 3 is 2.81 bits per heavy atom. The first kappa shape index (κ1) is 14.7. The number of ether oxygens (including phenoxy) is 3. The number of nitrogens with one attached hydrogen (secondary N) is 1. The van der Waals surface area contributed by atoms with Crippen LogP contribution in [0.15, 0.2) is 18.2 Å². The Morgan fingerprint density at radius 1 is 1.24 bits per heavy atom. The third-order valence-corrected chi connectivity index (χ3v) is 4.32.